The molecule has 1 amide bonds. The molecular formula is C21H23N5O3. The normalized spacial score (nSPS) is 16.7. The molecule has 0 atom stereocenters. The zero-order chi connectivity index (χ0) is 20.2. The van der Waals surface area contributed by atoms with Crippen molar-refractivity contribution in [3.05, 3.63) is 46.9 Å². The molecule has 0 aliphatic carbocycles. The van der Waals surface area contributed by atoms with Gasteiger partial charge in [0.1, 0.15) is 23.3 Å². The van der Waals surface area contributed by atoms with Crippen molar-refractivity contribution in [2.24, 2.45) is 11.7 Å². The largest absolute Gasteiger partial charge is 0.493 e. The van der Waals surface area contributed by atoms with Gasteiger partial charge < -0.3 is 20.1 Å². The van der Waals surface area contributed by atoms with Crippen LogP contribution in [0.5, 0.6) is 5.75 Å². The number of carbonyl (C=O) groups is 1. The summed E-state index contributed by atoms with van der Waals surface area (Å²) in [5.74, 6) is 1.21. The molecule has 150 valence electrons. The Morgan fingerprint density at radius 1 is 1.38 bits per heavy atom. The van der Waals surface area contributed by atoms with Crippen LogP contribution in [-0.4, -0.2) is 42.2 Å². The number of nitriles is 1. The zero-order valence-electron chi connectivity index (χ0n) is 16.1. The average molecular weight is 393 g/mol. The summed E-state index contributed by atoms with van der Waals surface area (Å²) in [6, 6.07) is 7.50. The van der Waals surface area contributed by atoms with Gasteiger partial charge in [-0.1, -0.05) is 0 Å². The lowest BCUT2D eigenvalue weighted by Gasteiger charge is -2.33. The molecule has 0 aromatic carbocycles. The molecule has 4 rings (SSSR count). The van der Waals surface area contributed by atoms with Gasteiger partial charge in [-0.05, 0) is 30.9 Å². The lowest BCUT2D eigenvalue weighted by molar-refractivity contribution is 0.0995. The fraction of sp³-hybridized carbons (Fsp3) is 0.429. The Bertz CT molecular complexity index is 948. The first kappa shape index (κ1) is 19.2. The molecule has 0 unspecified atom stereocenters. The SMILES string of the molecule is N#Cc1cc2c(nc1N1CCC(COc3ccnc(C(N)=O)c3)CC1)CCOC2. The Kier molecular flexibility index (Phi) is 5.58. The summed E-state index contributed by atoms with van der Waals surface area (Å²) in [4.78, 5) is 22.1. The molecule has 0 saturated carbocycles. The number of anilines is 1. The minimum atomic E-state index is -0.568. The van der Waals surface area contributed by atoms with Crippen LogP contribution in [0.3, 0.4) is 0 Å². The van der Waals surface area contributed by atoms with E-state index >= 15 is 0 Å². The molecule has 8 nitrogen and oxygen atoms in total. The van der Waals surface area contributed by atoms with Gasteiger partial charge in [0.2, 0.25) is 0 Å². The van der Waals surface area contributed by atoms with Gasteiger partial charge >= 0.3 is 0 Å². The molecule has 4 heterocycles. The molecule has 0 radical (unpaired) electrons. The van der Waals surface area contributed by atoms with Crippen LogP contribution in [-0.2, 0) is 17.8 Å². The van der Waals surface area contributed by atoms with Gasteiger partial charge in [-0.3, -0.25) is 9.78 Å². The number of ether oxygens (including phenoxy) is 2. The van der Waals surface area contributed by atoms with Gasteiger partial charge in [0, 0.05) is 37.3 Å². The van der Waals surface area contributed by atoms with Gasteiger partial charge in [0.25, 0.3) is 5.91 Å². The molecule has 2 aromatic heterocycles. The molecule has 1 fully saturated rings. The standard InChI is InChI=1S/C21H23N5O3/c22-11-15-9-16-13-28-8-4-18(16)25-21(15)26-6-2-14(3-7-26)12-29-17-1-5-24-19(10-17)20(23)27/h1,5,9-10,14H,2-4,6-8,12-13H2,(H2,23,27). The minimum absolute atomic E-state index is 0.199. The Morgan fingerprint density at radius 2 is 2.21 bits per heavy atom. The number of rotatable bonds is 5. The lowest BCUT2D eigenvalue weighted by Crippen LogP contribution is -2.37. The number of fused-ring (bicyclic) bond motifs is 1. The Morgan fingerprint density at radius 3 is 2.97 bits per heavy atom. The summed E-state index contributed by atoms with van der Waals surface area (Å²) in [5.41, 5.74) is 8.13. The van der Waals surface area contributed by atoms with Crippen LogP contribution in [0.15, 0.2) is 24.4 Å². The maximum atomic E-state index is 11.2. The minimum Gasteiger partial charge on any atom is -0.493 e. The van der Waals surface area contributed by atoms with E-state index in [1.807, 2.05) is 6.07 Å². The van der Waals surface area contributed by atoms with Crippen LogP contribution in [0.4, 0.5) is 5.82 Å². The van der Waals surface area contributed by atoms with Gasteiger partial charge in [-0.15, -0.1) is 0 Å². The van der Waals surface area contributed by atoms with E-state index in [0.717, 1.165) is 49.4 Å². The highest BCUT2D eigenvalue weighted by molar-refractivity contribution is 5.91. The van der Waals surface area contributed by atoms with E-state index < -0.39 is 5.91 Å². The third kappa shape index (κ3) is 4.30. The van der Waals surface area contributed by atoms with Crippen molar-refractivity contribution < 1.29 is 14.3 Å². The van der Waals surface area contributed by atoms with E-state index in [2.05, 4.69) is 16.0 Å². The predicted octanol–water partition coefficient (Wildman–Crippen LogP) is 1.82. The number of amides is 1. The molecular weight excluding hydrogens is 370 g/mol. The van der Waals surface area contributed by atoms with E-state index in [1.165, 1.54) is 6.20 Å². The van der Waals surface area contributed by atoms with Crippen LogP contribution in [0, 0.1) is 17.2 Å². The molecule has 1 saturated heterocycles. The van der Waals surface area contributed by atoms with E-state index in [4.69, 9.17) is 20.2 Å². The third-order valence-corrected chi connectivity index (χ3v) is 5.42. The number of nitrogens with zero attached hydrogens (tertiary/aromatic N) is 4. The van der Waals surface area contributed by atoms with Crippen LogP contribution < -0.4 is 15.4 Å². The van der Waals surface area contributed by atoms with E-state index in [0.29, 0.717) is 37.1 Å². The number of nitrogens with two attached hydrogens (primary N) is 1. The summed E-state index contributed by atoms with van der Waals surface area (Å²) in [7, 11) is 0. The lowest BCUT2D eigenvalue weighted by atomic mass is 9.97. The summed E-state index contributed by atoms with van der Waals surface area (Å²) in [6.07, 6.45) is 4.20. The summed E-state index contributed by atoms with van der Waals surface area (Å²) < 4.78 is 11.3. The number of aromatic nitrogens is 2. The fourth-order valence-corrected chi connectivity index (χ4v) is 3.76. The maximum Gasteiger partial charge on any atom is 0.267 e. The summed E-state index contributed by atoms with van der Waals surface area (Å²) >= 11 is 0. The number of piperidine rings is 1. The molecule has 0 spiro atoms. The van der Waals surface area contributed by atoms with Gasteiger partial charge in [0.15, 0.2) is 0 Å². The second-order valence-corrected chi connectivity index (χ2v) is 7.36. The molecule has 2 aliphatic heterocycles. The number of primary amides is 1. The van der Waals surface area contributed by atoms with E-state index in [-0.39, 0.29) is 5.69 Å². The highest BCUT2D eigenvalue weighted by atomic mass is 16.5. The Hall–Kier alpha value is -3.18. The average Bonchev–Trinajstić information content (AvgIpc) is 2.77. The van der Waals surface area contributed by atoms with Crippen LogP contribution in [0.25, 0.3) is 0 Å². The predicted molar refractivity (Wildman–Crippen MR) is 105 cm³/mol. The molecule has 2 N–H and O–H groups in total. The van der Waals surface area contributed by atoms with Gasteiger partial charge in [-0.25, -0.2) is 4.98 Å². The first-order valence-electron chi connectivity index (χ1n) is 9.78. The number of carbonyl (C=O) groups excluding carboxylic acids is 1. The van der Waals surface area contributed by atoms with Crippen molar-refractivity contribution in [1.82, 2.24) is 9.97 Å². The van der Waals surface area contributed by atoms with Crippen LogP contribution in [0.2, 0.25) is 0 Å². The van der Waals surface area contributed by atoms with E-state index in [1.54, 1.807) is 12.1 Å². The summed E-state index contributed by atoms with van der Waals surface area (Å²) in [5, 5.41) is 9.56. The number of hydrogen-bond acceptors (Lipinski definition) is 7. The van der Waals surface area contributed by atoms with Crippen molar-refractivity contribution in [1.29, 1.82) is 5.26 Å². The molecule has 2 aliphatic rings. The summed E-state index contributed by atoms with van der Waals surface area (Å²) in [6.45, 7) is 3.43. The van der Waals surface area contributed by atoms with Crippen molar-refractivity contribution in [3.63, 3.8) is 0 Å². The smallest absolute Gasteiger partial charge is 0.267 e. The first-order valence-corrected chi connectivity index (χ1v) is 9.78. The number of pyridine rings is 2. The molecule has 0 bridgehead atoms. The highest BCUT2D eigenvalue weighted by Crippen LogP contribution is 2.28. The highest BCUT2D eigenvalue weighted by Gasteiger charge is 2.24. The Labute approximate surface area is 169 Å². The van der Waals surface area contributed by atoms with E-state index in [9.17, 15) is 10.1 Å². The van der Waals surface area contributed by atoms with Crippen LogP contribution >= 0.6 is 0 Å². The fourth-order valence-electron chi connectivity index (χ4n) is 3.76. The second kappa shape index (κ2) is 8.45. The third-order valence-electron chi connectivity index (χ3n) is 5.42. The van der Waals surface area contributed by atoms with Gasteiger partial charge in [-0.2, -0.15) is 5.26 Å². The van der Waals surface area contributed by atoms with Gasteiger partial charge in [0.05, 0.1) is 31.1 Å². The monoisotopic (exact) mass is 393 g/mol. The maximum absolute atomic E-state index is 11.2. The Balaban J connectivity index is 1.37. The van der Waals surface area contributed by atoms with Crippen molar-refractivity contribution in [2.45, 2.75) is 25.9 Å². The number of hydrogen-bond donors (Lipinski definition) is 1. The van der Waals surface area contributed by atoms with Crippen molar-refractivity contribution in [2.75, 3.05) is 31.2 Å². The van der Waals surface area contributed by atoms with Crippen molar-refractivity contribution in [3.8, 4) is 11.8 Å². The quantitative estimate of drug-likeness (QED) is 0.824. The van der Waals surface area contributed by atoms with Crippen molar-refractivity contribution >= 4 is 11.7 Å². The first-order chi connectivity index (χ1) is 14.1. The van der Waals surface area contributed by atoms with Crippen LogP contribution in [0.1, 0.15) is 40.2 Å². The second-order valence-electron chi connectivity index (χ2n) is 7.36. The topological polar surface area (TPSA) is 114 Å². The molecule has 8 heteroatoms. The molecule has 2 aromatic rings. The zero-order valence-corrected chi connectivity index (χ0v) is 16.1. The molecule has 29 heavy (non-hydrogen) atoms.